The van der Waals surface area contributed by atoms with Crippen LogP contribution in [0.1, 0.15) is 23.1 Å². The van der Waals surface area contributed by atoms with Crippen LogP contribution in [0.3, 0.4) is 0 Å². The molecule has 1 unspecified atom stereocenters. The first-order chi connectivity index (χ1) is 18.5. The second-order valence-corrected chi connectivity index (χ2v) is 9.20. The molecule has 0 spiro atoms. The summed E-state index contributed by atoms with van der Waals surface area (Å²) in [5.41, 5.74) is 3.63. The second kappa shape index (κ2) is 14.4. The highest BCUT2D eigenvalue weighted by Crippen LogP contribution is 2.31. The molecule has 0 N–H and O–H groups in total. The Morgan fingerprint density at radius 2 is 0.921 bits per heavy atom. The zero-order chi connectivity index (χ0) is 27.5. The lowest BCUT2D eigenvalue weighted by Crippen LogP contribution is -2.35. The Kier molecular flexibility index (Phi) is 11.0. The van der Waals surface area contributed by atoms with Gasteiger partial charge in [0.2, 0.25) is 0 Å². The van der Waals surface area contributed by atoms with Crippen LogP contribution in [0.5, 0.6) is 34.5 Å². The van der Waals surface area contributed by atoms with Gasteiger partial charge in [-0.15, -0.1) is 0 Å². The SMILES string of the molecule is COc1ccc(CCC(Cc2ccc(OC)c(OC)c2)N(C)CCc2ccc(OC)c(OC)c2)cc1OC. The van der Waals surface area contributed by atoms with Crippen LogP contribution >= 0.6 is 0 Å². The van der Waals surface area contributed by atoms with Gasteiger partial charge in [0, 0.05) is 12.6 Å². The predicted octanol–water partition coefficient (Wildman–Crippen LogP) is 5.46. The van der Waals surface area contributed by atoms with Crippen molar-refractivity contribution in [2.24, 2.45) is 0 Å². The van der Waals surface area contributed by atoms with Crippen molar-refractivity contribution in [2.45, 2.75) is 31.7 Å². The van der Waals surface area contributed by atoms with Crippen LogP contribution in [0.4, 0.5) is 0 Å². The smallest absolute Gasteiger partial charge is 0.160 e. The molecule has 38 heavy (non-hydrogen) atoms. The van der Waals surface area contributed by atoms with E-state index in [1.54, 1.807) is 42.7 Å². The molecule has 0 heterocycles. The molecular formula is C31H41NO6. The average molecular weight is 524 g/mol. The van der Waals surface area contributed by atoms with Crippen molar-refractivity contribution in [1.29, 1.82) is 0 Å². The highest BCUT2D eigenvalue weighted by atomic mass is 16.5. The van der Waals surface area contributed by atoms with Gasteiger partial charge in [-0.25, -0.2) is 0 Å². The number of ether oxygens (including phenoxy) is 6. The first-order valence-corrected chi connectivity index (χ1v) is 12.8. The maximum absolute atomic E-state index is 5.56. The summed E-state index contributed by atoms with van der Waals surface area (Å²) in [6.07, 6.45) is 3.68. The van der Waals surface area contributed by atoms with Crippen LogP contribution in [0.25, 0.3) is 0 Å². The lowest BCUT2D eigenvalue weighted by atomic mass is 9.97. The molecule has 7 heteroatoms. The molecule has 7 nitrogen and oxygen atoms in total. The fourth-order valence-electron chi connectivity index (χ4n) is 4.65. The summed E-state index contributed by atoms with van der Waals surface area (Å²) in [7, 11) is 12.2. The predicted molar refractivity (Wildman–Crippen MR) is 151 cm³/mol. The summed E-state index contributed by atoms with van der Waals surface area (Å²) < 4.78 is 32.8. The number of benzene rings is 3. The molecule has 0 fully saturated rings. The number of methoxy groups -OCH3 is 6. The molecule has 1 atom stereocenters. The molecule has 206 valence electrons. The topological polar surface area (TPSA) is 58.6 Å². The molecular weight excluding hydrogens is 482 g/mol. The van der Waals surface area contributed by atoms with E-state index < -0.39 is 0 Å². The molecule has 0 saturated carbocycles. The normalized spacial score (nSPS) is 11.7. The third-order valence-electron chi connectivity index (χ3n) is 6.96. The zero-order valence-corrected chi connectivity index (χ0v) is 23.7. The Balaban J connectivity index is 1.77. The fourth-order valence-corrected chi connectivity index (χ4v) is 4.65. The van der Waals surface area contributed by atoms with E-state index in [2.05, 4.69) is 48.3 Å². The maximum Gasteiger partial charge on any atom is 0.160 e. The van der Waals surface area contributed by atoms with Crippen LogP contribution in [0.2, 0.25) is 0 Å². The van der Waals surface area contributed by atoms with Gasteiger partial charge in [-0.05, 0) is 85.8 Å². The first kappa shape index (κ1) is 29.0. The molecule has 0 aliphatic heterocycles. The van der Waals surface area contributed by atoms with Crippen molar-refractivity contribution in [3.05, 3.63) is 71.3 Å². The number of aryl methyl sites for hydroxylation is 1. The molecule has 0 aromatic heterocycles. The summed E-state index contributed by atoms with van der Waals surface area (Å²) in [5.74, 6) is 4.47. The Labute approximate surface area is 227 Å². The average Bonchev–Trinajstić information content (AvgIpc) is 2.97. The van der Waals surface area contributed by atoms with E-state index in [4.69, 9.17) is 28.4 Å². The van der Waals surface area contributed by atoms with Crippen molar-refractivity contribution in [1.82, 2.24) is 4.90 Å². The highest BCUT2D eigenvalue weighted by molar-refractivity contribution is 5.44. The number of hydrogen-bond acceptors (Lipinski definition) is 7. The second-order valence-electron chi connectivity index (χ2n) is 9.20. The Morgan fingerprint density at radius 1 is 0.526 bits per heavy atom. The number of rotatable bonds is 15. The molecule has 0 saturated heterocycles. The molecule has 3 rings (SSSR count). The van der Waals surface area contributed by atoms with Gasteiger partial charge in [0.1, 0.15) is 0 Å². The van der Waals surface area contributed by atoms with Crippen LogP contribution < -0.4 is 28.4 Å². The van der Waals surface area contributed by atoms with E-state index in [9.17, 15) is 0 Å². The van der Waals surface area contributed by atoms with Gasteiger partial charge in [0.25, 0.3) is 0 Å². The molecule has 0 bridgehead atoms. The molecule has 0 aliphatic rings. The van der Waals surface area contributed by atoms with Gasteiger partial charge in [-0.1, -0.05) is 18.2 Å². The van der Waals surface area contributed by atoms with Gasteiger partial charge in [-0.3, -0.25) is 0 Å². The molecule has 0 aliphatic carbocycles. The Morgan fingerprint density at radius 3 is 1.37 bits per heavy atom. The fraction of sp³-hybridized carbons (Fsp3) is 0.419. The van der Waals surface area contributed by atoms with E-state index in [0.29, 0.717) is 6.04 Å². The largest absolute Gasteiger partial charge is 0.493 e. The summed E-state index contributed by atoms with van der Waals surface area (Å²) in [4.78, 5) is 2.44. The molecule has 0 amide bonds. The van der Waals surface area contributed by atoms with Crippen molar-refractivity contribution in [3.63, 3.8) is 0 Å². The van der Waals surface area contributed by atoms with E-state index >= 15 is 0 Å². The van der Waals surface area contributed by atoms with Crippen molar-refractivity contribution in [3.8, 4) is 34.5 Å². The van der Waals surface area contributed by atoms with E-state index in [0.717, 1.165) is 66.7 Å². The minimum absolute atomic E-state index is 0.307. The number of hydrogen-bond donors (Lipinski definition) is 0. The lowest BCUT2D eigenvalue weighted by molar-refractivity contribution is 0.230. The Bertz CT molecular complexity index is 1170. The van der Waals surface area contributed by atoms with Gasteiger partial charge >= 0.3 is 0 Å². The first-order valence-electron chi connectivity index (χ1n) is 12.8. The van der Waals surface area contributed by atoms with E-state index in [-0.39, 0.29) is 0 Å². The molecule has 0 radical (unpaired) electrons. The van der Waals surface area contributed by atoms with Crippen molar-refractivity contribution in [2.75, 3.05) is 56.3 Å². The van der Waals surface area contributed by atoms with E-state index in [1.165, 1.54) is 16.7 Å². The van der Waals surface area contributed by atoms with E-state index in [1.807, 2.05) is 18.2 Å². The highest BCUT2D eigenvalue weighted by Gasteiger charge is 2.18. The van der Waals surface area contributed by atoms with Crippen molar-refractivity contribution >= 4 is 0 Å². The third-order valence-corrected chi connectivity index (χ3v) is 6.96. The summed E-state index contributed by atoms with van der Waals surface area (Å²) in [6.45, 7) is 0.902. The quantitative estimate of drug-likeness (QED) is 0.262. The van der Waals surface area contributed by atoms with Crippen LogP contribution in [-0.4, -0.2) is 67.2 Å². The standard InChI is InChI=1S/C31H41NO6/c1-32(17-16-23-10-14-27(34-3)30(20-23)37-6)25(18-24-11-15-28(35-4)31(21-24)38-7)12-8-22-9-13-26(33-2)29(19-22)36-5/h9-11,13-15,19-21,25H,8,12,16-18H2,1-7H3. The minimum atomic E-state index is 0.307. The maximum atomic E-state index is 5.56. The lowest BCUT2D eigenvalue weighted by Gasteiger charge is -2.29. The van der Waals surface area contributed by atoms with Crippen LogP contribution in [0, 0.1) is 0 Å². The summed E-state index contributed by atoms with van der Waals surface area (Å²) in [5, 5.41) is 0. The summed E-state index contributed by atoms with van der Waals surface area (Å²) in [6, 6.07) is 18.7. The van der Waals surface area contributed by atoms with Crippen LogP contribution in [-0.2, 0) is 19.3 Å². The Hall–Kier alpha value is -3.58. The zero-order valence-electron chi connectivity index (χ0n) is 23.7. The van der Waals surface area contributed by atoms with Gasteiger partial charge in [-0.2, -0.15) is 0 Å². The summed E-state index contributed by atoms with van der Waals surface area (Å²) >= 11 is 0. The van der Waals surface area contributed by atoms with Gasteiger partial charge in [0.15, 0.2) is 34.5 Å². The molecule has 3 aromatic carbocycles. The molecule has 3 aromatic rings. The van der Waals surface area contributed by atoms with Gasteiger partial charge in [0.05, 0.1) is 42.7 Å². The van der Waals surface area contributed by atoms with Crippen molar-refractivity contribution < 1.29 is 28.4 Å². The number of likely N-dealkylation sites (N-methyl/N-ethyl adjacent to an activating group) is 1. The minimum Gasteiger partial charge on any atom is -0.493 e. The van der Waals surface area contributed by atoms with Gasteiger partial charge < -0.3 is 33.3 Å². The third kappa shape index (κ3) is 7.48. The van der Waals surface area contributed by atoms with Crippen LogP contribution in [0.15, 0.2) is 54.6 Å². The number of nitrogens with zero attached hydrogens (tertiary/aromatic N) is 1. The monoisotopic (exact) mass is 523 g/mol.